The summed E-state index contributed by atoms with van der Waals surface area (Å²) in [5, 5.41) is 3.56. The van der Waals surface area contributed by atoms with Crippen LogP contribution in [0.3, 0.4) is 0 Å². The lowest BCUT2D eigenvalue weighted by atomic mass is 9.98. The first-order valence-corrected chi connectivity index (χ1v) is 7.63. The predicted octanol–water partition coefficient (Wildman–Crippen LogP) is 2.42. The highest BCUT2D eigenvalue weighted by atomic mass is 19.4. The minimum absolute atomic E-state index is 0.195. The smallest absolute Gasteiger partial charge is 0.372 e. The lowest BCUT2D eigenvalue weighted by molar-refractivity contribution is -0.174. The molecule has 118 valence electrons. The van der Waals surface area contributed by atoms with E-state index in [0.29, 0.717) is 12.3 Å². The molecule has 1 atom stereocenters. The van der Waals surface area contributed by atoms with Crippen molar-refractivity contribution >= 4 is 0 Å². The Balaban J connectivity index is 1.51. The minimum Gasteiger partial charge on any atom is -0.372 e. The third-order valence-corrected chi connectivity index (χ3v) is 3.90. The maximum Gasteiger partial charge on any atom is 0.411 e. The van der Waals surface area contributed by atoms with Gasteiger partial charge in [0.25, 0.3) is 0 Å². The molecule has 1 saturated carbocycles. The van der Waals surface area contributed by atoms with Gasteiger partial charge < -0.3 is 15.0 Å². The van der Waals surface area contributed by atoms with Crippen molar-refractivity contribution in [1.82, 2.24) is 10.2 Å². The number of piperidine rings is 1. The Kier molecular flexibility index (Phi) is 6.11. The molecule has 0 radical (unpaired) electrons. The molecule has 0 aromatic carbocycles. The molecule has 3 nitrogen and oxygen atoms in total. The fourth-order valence-corrected chi connectivity index (χ4v) is 2.72. The summed E-state index contributed by atoms with van der Waals surface area (Å²) in [6, 6.07) is 0.751. The molecule has 1 saturated heterocycles. The summed E-state index contributed by atoms with van der Waals surface area (Å²) >= 11 is 0. The standard InChI is InChI=1S/C14H25F3N2O/c15-14(16,17)11-20-8-2-7-19-6-1-3-12(10-19)9-18-13-4-5-13/h12-13,18H,1-11H2. The molecule has 0 aromatic heterocycles. The number of nitrogens with zero attached hydrogens (tertiary/aromatic N) is 1. The third kappa shape index (κ3) is 6.90. The lowest BCUT2D eigenvalue weighted by Gasteiger charge is -2.32. The topological polar surface area (TPSA) is 24.5 Å². The average Bonchev–Trinajstić information content (AvgIpc) is 3.19. The highest BCUT2D eigenvalue weighted by molar-refractivity contribution is 4.83. The highest BCUT2D eigenvalue weighted by Crippen LogP contribution is 2.21. The van der Waals surface area contributed by atoms with Crippen LogP contribution < -0.4 is 5.32 Å². The maximum absolute atomic E-state index is 11.9. The molecule has 20 heavy (non-hydrogen) atoms. The van der Waals surface area contributed by atoms with E-state index in [1.165, 1.54) is 25.7 Å². The van der Waals surface area contributed by atoms with Gasteiger partial charge in [0.2, 0.25) is 0 Å². The van der Waals surface area contributed by atoms with Crippen LogP contribution in [0.15, 0.2) is 0 Å². The van der Waals surface area contributed by atoms with Crippen molar-refractivity contribution in [2.75, 3.05) is 39.4 Å². The van der Waals surface area contributed by atoms with Gasteiger partial charge >= 0.3 is 6.18 Å². The summed E-state index contributed by atoms with van der Waals surface area (Å²) in [6.45, 7) is 3.14. The van der Waals surface area contributed by atoms with Crippen molar-refractivity contribution in [2.45, 2.75) is 44.3 Å². The molecule has 6 heteroatoms. The van der Waals surface area contributed by atoms with Crippen LogP contribution in [0.1, 0.15) is 32.1 Å². The van der Waals surface area contributed by atoms with Crippen molar-refractivity contribution in [2.24, 2.45) is 5.92 Å². The van der Waals surface area contributed by atoms with E-state index in [2.05, 4.69) is 15.0 Å². The zero-order valence-corrected chi connectivity index (χ0v) is 11.9. The lowest BCUT2D eigenvalue weighted by Crippen LogP contribution is -2.40. The van der Waals surface area contributed by atoms with E-state index < -0.39 is 12.8 Å². The Hall–Kier alpha value is -0.330. The summed E-state index contributed by atoms with van der Waals surface area (Å²) in [5.41, 5.74) is 0. The van der Waals surface area contributed by atoms with Gasteiger partial charge in [-0.05, 0) is 51.1 Å². The van der Waals surface area contributed by atoms with Crippen LogP contribution in [0, 0.1) is 5.92 Å². The molecular formula is C14H25F3N2O. The highest BCUT2D eigenvalue weighted by Gasteiger charge is 2.27. The van der Waals surface area contributed by atoms with Gasteiger partial charge in [0.05, 0.1) is 0 Å². The van der Waals surface area contributed by atoms with E-state index in [1.54, 1.807) is 0 Å². The molecule has 1 heterocycles. The molecule has 0 spiro atoms. The molecule has 1 N–H and O–H groups in total. The monoisotopic (exact) mass is 294 g/mol. The summed E-state index contributed by atoms with van der Waals surface area (Å²) in [5.74, 6) is 0.695. The van der Waals surface area contributed by atoms with E-state index in [4.69, 9.17) is 0 Å². The van der Waals surface area contributed by atoms with Gasteiger partial charge in [-0.15, -0.1) is 0 Å². The molecule has 1 aliphatic heterocycles. The zero-order valence-electron chi connectivity index (χ0n) is 11.9. The summed E-state index contributed by atoms with van der Waals surface area (Å²) < 4.78 is 40.3. The van der Waals surface area contributed by atoms with E-state index in [0.717, 1.165) is 32.2 Å². The Morgan fingerprint density at radius 3 is 2.70 bits per heavy atom. The molecular weight excluding hydrogens is 269 g/mol. The van der Waals surface area contributed by atoms with Gasteiger partial charge in [0.15, 0.2) is 0 Å². The molecule has 1 aliphatic carbocycles. The van der Waals surface area contributed by atoms with Crippen LogP contribution in [0.2, 0.25) is 0 Å². The van der Waals surface area contributed by atoms with Crippen LogP contribution in [0.4, 0.5) is 13.2 Å². The Bertz CT molecular complexity index is 282. The molecule has 1 unspecified atom stereocenters. The molecule has 0 bridgehead atoms. The van der Waals surface area contributed by atoms with Gasteiger partial charge in [0.1, 0.15) is 6.61 Å². The van der Waals surface area contributed by atoms with Crippen molar-refractivity contribution in [1.29, 1.82) is 0 Å². The fraction of sp³-hybridized carbons (Fsp3) is 1.00. The first-order chi connectivity index (χ1) is 9.53. The van der Waals surface area contributed by atoms with Gasteiger partial charge in [-0.3, -0.25) is 0 Å². The van der Waals surface area contributed by atoms with Gasteiger partial charge in [-0.2, -0.15) is 13.2 Å². The second kappa shape index (κ2) is 7.61. The number of ether oxygens (including phenoxy) is 1. The average molecular weight is 294 g/mol. The number of hydrogen-bond acceptors (Lipinski definition) is 3. The van der Waals surface area contributed by atoms with Crippen molar-refractivity contribution in [3.63, 3.8) is 0 Å². The summed E-state index contributed by atoms with van der Waals surface area (Å²) in [6.07, 6.45) is 1.56. The van der Waals surface area contributed by atoms with E-state index >= 15 is 0 Å². The molecule has 2 rings (SSSR count). The van der Waals surface area contributed by atoms with Crippen LogP contribution in [-0.2, 0) is 4.74 Å². The van der Waals surface area contributed by atoms with Gasteiger partial charge in [0, 0.05) is 25.7 Å². The van der Waals surface area contributed by atoms with E-state index in [1.807, 2.05) is 0 Å². The van der Waals surface area contributed by atoms with Crippen molar-refractivity contribution < 1.29 is 17.9 Å². The number of nitrogens with one attached hydrogen (secondary N) is 1. The number of hydrogen-bond donors (Lipinski definition) is 1. The van der Waals surface area contributed by atoms with E-state index in [9.17, 15) is 13.2 Å². The number of rotatable bonds is 8. The largest absolute Gasteiger partial charge is 0.411 e. The molecule has 0 aromatic rings. The predicted molar refractivity (Wildman–Crippen MR) is 71.7 cm³/mol. The Labute approximate surface area is 118 Å². The first-order valence-electron chi connectivity index (χ1n) is 7.63. The SMILES string of the molecule is FC(F)(F)COCCCN1CCCC(CNC2CC2)C1. The van der Waals surface area contributed by atoms with Crippen molar-refractivity contribution in [3.8, 4) is 0 Å². The van der Waals surface area contributed by atoms with Crippen LogP contribution in [0.5, 0.6) is 0 Å². The maximum atomic E-state index is 11.9. The molecule has 2 aliphatic rings. The second-order valence-corrected chi connectivity index (χ2v) is 6.01. The number of halogens is 3. The quantitative estimate of drug-likeness (QED) is 0.696. The van der Waals surface area contributed by atoms with Crippen LogP contribution in [-0.4, -0.2) is 56.5 Å². The van der Waals surface area contributed by atoms with Gasteiger partial charge in [-0.1, -0.05) is 0 Å². The Morgan fingerprint density at radius 1 is 1.20 bits per heavy atom. The van der Waals surface area contributed by atoms with E-state index in [-0.39, 0.29) is 6.61 Å². The van der Waals surface area contributed by atoms with Crippen LogP contribution in [0.25, 0.3) is 0 Å². The normalized spacial score (nSPS) is 25.1. The van der Waals surface area contributed by atoms with Crippen molar-refractivity contribution in [3.05, 3.63) is 0 Å². The minimum atomic E-state index is -4.20. The zero-order chi connectivity index (χ0) is 14.4. The number of alkyl halides is 3. The van der Waals surface area contributed by atoms with Crippen LogP contribution >= 0.6 is 0 Å². The molecule has 0 amide bonds. The third-order valence-electron chi connectivity index (χ3n) is 3.90. The molecule has 2 fully saturated rings. The second-order valence-electron chi connectivity index (χ2n) is 6.01. The fourth-order valence-electron chi connectivity index (χ4n) is 2.72. The summed E-state index contributed by atoms with van der Waals surface area (Å²) in [4.78, 5) is 2.36. The van der Waals surface area contributed by atoms with Gasteiger partial charge in [-0.25, -0.2) is 0 Å². The first kappa shape index (κ1) is 16.0. The summed E-state index contributed by atoms with van der Waals surface area (Å²) in [7, 11) is 0. The Morgan fingerprint density at radius 2 is 2.00 bits per heavy atom. The number of likely N-dealkylation sites (tertiary alicyclic amines) is 1.